The Kier molecular flexibility index (Phi) is 6.93. The van der Waals surface area contributed by atoms with Crippen LogP contribution in [0.5, 0.6) is 0 Å². The van der Waals surface area contributed by atoms with Gasteiger partial charge in [-0.25, -0.2) is 17.9 Å². The Balaban J connectivity index is 0.00000139. The van der Waals surface area contributed by atoms with E-state index in [1.807, 2.05) is 18.6 Å². The normalized spacial score (nSPS) is 10.5. The van der Waals surface area contributed by atoms with E-state index in [0.29, 0.717) is 5.69 Å². The summed E-state index contributed by atoms with van der Waals surface area (Å²) < 4.78 is 26.2. The predicted octanol–water partition coefficient (Wildman–Crippen LogP) is 1.13. The zero-order valence-electron chi connectivity index (χ0n) is 14.2. The number of hydrogen-bond acceptors (Lipinski definition) is 5. The van der Waals surface area contributed by atoms with Crippen LogP contribution in [-0.2, 0) is 16.6 Å². The summed E-state index contributed by atoms with van der Waals surface area (Å²) in [6.07, 6.45) is 0. The van der Waals surface area contributed by atoms with Gasteiger partial charge in [0.1, 0.15) is 0 Å². The minimum atomic E-state index is -3.87. The molecule has 1 heterocycles. The molecule has 0 unspecified atom stereocenters. The number of aromatic nitrogens is 2. The molecule has 2 aromatic rings. The Morgan fingerprint density at radius 1 is 1.25 bits per heavy atom. The van der Waals surface area contributed by atoms with E-state index in [0.717, 1.165) is 11.3 Å². The van der Waals surface area contributed by atoms with Crippen molar-refractivity contribution in [2.75, 3.05) is 14.1 Å². The van der Waals surface area contributed by atoms with Crippen molar-refractivity contribution in [1.29, 1.82) is 0 Å². The Morgan fingerprint density at radius 3 is 2.33 bits per heavy atom. The molecule has 2 rings (SSSR count). The molecule has 4 N–H and O–H groups in total. The molecule has 2 amide bonds. The standard InChI is InChI=1S/C14H18N4O3S.CH5N/c1-10-11(2)15-16-13(10)9-18(3)14(19)17-22(20,21)12-7-5-4-6-8-12;1-2/h4-8H,9H2,1-3H3,(H,15,16)(H,17,19);2H2,1H3. The van der Waals surface area contributed by atoms with E-state index >= 15 is 0 Å². The molecule has 1 aromatic carbocycles. The van der Waals surface area contributed by atoms with Crippen LogP contribution in [0.3, 0.4) is 0 Å². The predicted molar refractivity (Wildman–Crippen MR) is 91.8 cm³/mol. The Labute approximate surface area is 142 Å². The maximum atomic E-state index is 12.1. The average Bonchev–Trinajstić information content (AvgIpc) is 2.89. The van der Waals surface area contributed by atoms with E-state index in [1.165, 1.54) is 31.1 Å². The van der Waals surface area contributed by atoms with Crippen molar-refractivity contribution in [2.45, 2.75) is 25.3 Å². The molecular weight excluding hydrogens is 330 g/mol. The van der Waals surface area contributed by atoms with Crippen LogP contribution < -0.4 is 10.5 Å². The third-order valence-corrected chi connectivity index (χ3v) is 4.70. The van der Waals surface area contributed by atoms with Gasteiger partial charge >= 0.3 is 6.03 Å². The smallest absolute Gasteiger partial charge is 0.331 e. The largest absolute Gasteiger partial charge is 0.333 e. The van der Waals surface area contributed by atoms with Crippen molar-refractivity contribution in [1.82, 2.24) is 19.8 Å². The summed E-state index contributed by atoms with van der Waals surface area (Å²) in [4.78, 5) is 13.4. The number of hydrogen-bond donors (Lipinski definition) is 3. The van der Waals surface area contributed by atoms with Crippen LogP contribution in [0, 0.1) is 13.8 Å². The summed E-state index contributed by atoms with van der Waals surface area (Å²) in [5.41, 5.74) is 7.07. The summed E-state index contributed by atoms with van der Waals surface area (Å²) >= 11 is 0. The lowest BCUT2D eigenvalue weighted by Crippen LogP contribution is -2.40. The minimum Gasteiger partial charge on any atom is -0.333 e. The first-order valence-electron chi connectivity index (χ1n) is 7.22. The van der Waals surface area contributed by atoms with Crippen molar-refractivity contribution in [2.24, 2.45) is 5.73 Å². The highest BCUT2D eigenvalue weighted by molar-refractivity contribution is 7.90. The molecule has 0 atom stereocenters. The number of nitrogens with two attached hydrogens (primary N) is 1. The highest BCUT2D eigenvalue weighted by Crippen LogP contribution is 2.11. The number of sulfonamides is 1. The van der Waals surface area contributed by atoms with E-state index in [-0.39, 0.29) is 11.4 Å². The zero-order valence-corrected chi connectivity index (χ0v) is 15.0. The number of nitrogens with one attached hydrogen (secondary N) is 2. The Morgan fingerprint density at radius 2 is 1.83 bits per heavy atom. The van der Waals surface area contributed by atoms with E-state index < -0.39 is 16.1 Å². The van der Waals surface area contributed by atoms with Crippen LogP contribution in [-0.4, -0.2) is 43.6 Å². The van der Waals surface area contributed by atoms with E-state index in [9.17, 15) is 13.2 Å². The Hall–Kier alpha value is -2.39. The van der Waals surface area contributed by atoms with Crippen LogP contribution in [0.4, 0.5) is 4.79 Å². The van der Waals surface area contributed by atoms with Gasteiger partial charge in [-0.05, 0) is 38.6 Å². The van der Waals surface area contributed by atoms with E-state index in [1.54, 1.807) is 18.2 Å². The summed E-state index contributed by atoms with van der Waals surface area (Å²) in [5.74, 6) is 0. The number of amides is 2. The van der Waals surface area contributed by atoms with Crippen LogP contribution in [0.15, 0.2) is 35.2 Å². The first-order chi connectivity index (χ1) is 11.3. The number of benzene rings is 1. The van der Waals surface area contributed by atoms with Gasteiger partial charge in [-0.3, -0.25) is 5.10 Å². The van der Waals surface area contributed by atoms with Gasteiger partial charge in [0.25, 0.3) is 10.0 Å². The maximum Gasteiger partial charge on any atom is 0.331 e. The molecule has 0 saturated heterocycles. The molecule has 0 fully saturated rings. The van der Waals surface area contributed by atoms with Crippen LogP contribution >= 0.6 is 0 Å². The summed E-state index contributed by atoms with van der Waals surface area (Å²) in [6.45, 7) is 3.98. The fourth-order valence-corrected chi connectivity index (χ4v) is 2.86. The molecule has 8 nitrogen and oxygen atoms in total. The number of nitrogens with zero attached hydrogens (tertiary/aromatic N) is 2. The van der Waals surface area contributed by atoms with Gasteiger partial charge in [-0.15, -0.1) is 0 Å². The molecule has 0 bridgehead atoms. The third kappa shape index (κ3) is 4.80. The number of aryl methyl sites for hydroxylation is 1. The molecule has 0 spiro atoms. The van der Waals surface area contributed by atoms with Gasteiger partial charge in [-0.2, -0.15) is 5.10 Å². The fraction of sp³-hybridized carbons (Fsp3) is 0.333. The molecule has 0 aliphatic rings. The topological polar surface area (TPSA) is 121 Å². The lowest BCUT2D eigenvalue weighted by atomic mass is 10.2. The van der Waals surface area contributed by atoms with Crippen LogP contribution in [0.1, 0.15) is 17.0 Å². The SMILES string of the molecule is CN.Cc1[nH]nc(CN(C)C(=O)NS(=O)(=O)c2ccccc2)c1C. The second-order valence-electron chi connectivity index (χ2n) is 5.00. The number of H-pyrrole nitrogens is 1. The first-order valence-corrected chi connectivity index (χ1v) is 8.70. The van der Waals surface area contributed by atoms with Gasteiger partial charge in [0.2, 0.25) is 0 Å². The molecule has 0 aliphatic carbocycles. The lowest BCUT2D eigenvalue weighted by molar-refractivity contribution is 0.212. The van der Waals surface area contributed by atoms with Gasteiger partial charge < -0.3 is 10.6 Å². The van der Waals surface area contributed by atoms with Crippen molar-refractivity contribution in [3.63, 3.8) is 0 Å². The molecule has 0 aliphatic heterocycles. The van der Waals surface area contributed by atoms with E-state index in [2.05, 4.69) is 15.9 Å². The monoisotopic (exact) mass is 353 g/mol. The van der Waals surface area contributed by atoms with Gasteiger partial charge in [0.15, 0.2) is 0 Å². The molecule has 0 radical (unpaired) electrons. The van der Waals surface area contributed by atoms with E-state index in [4.69, 9.17) is 0 Å². The number of aromatic amines is 1. The number of rotatable bonds is 4. The molecule has 132 valence electrons. The molecule has 9 heteroatoms. The fourth-order valence-electron chi connectivity index (χ4n) is 1.84. The molecule has 1 aromatic heterocycles. The Bertz CT molecular complexity index is 772. The minimum absolute atomic E-state index is 0.0449. The van der Waals surface area contributed by atoms with Gasteiger partial charge in [0.05, 0.1) is 17.1 Å². The lowest BCUT2D eigenvalue weighted by Gasteiger charge is -2.17. The van der Waals surface area contributed by atoms with Crippen molar-refractivity contribution in [3.05, 3.63) is 47.3 Å². The van der Waals surface area contributed by atoms with Crippen molar-refractivity contribution in [3.8, 4) is 0 Å². The van der Waals surface area contributed by atoms with Crippen molar-refractivity contribution < 1.29 is 13.2 Å². The highest BCUT2D eigenvalue weighted by atomic mass is 32.2. The van der Waals surface area contributed by atoms with Crippen molar-refractivity contribution >= 4 is 16.1 Å². The van der Waals surface area contributed by atoms with Crippen LogP contribution in [0.2, 0.25) is 0 Å². The maximum absolute atomic E-state index is 12.1. The second-order valence-corrected chi connectivity index (χ2v) is 6.68. The third-order valence-electron chi connectivity index (χ3n) is 3.36. The second kappa shape index (κ2) is 8.46. The number of carbonyl (C=O) groups is 1. The zero-order chi connectivity index (χ0) is 18.3. The number of urea groups is 1. The molecular formula is C15H23N5O3S. The first kappa shape index (κ1) is 19.7. The van der Waals surface area contributed by atoms with Gasteiger partial charge in [-0.1, -0.05) is 18.2 Å². The molecule has 24 heavy (non-hydrogen) atoms. The average molecular weight is 353 g/mol. The quantitative estimate of drug-likeness (QED) is 0.761. The highest BCUT2D eigenvalue weighted by Gasteiger charge is 2.20. The summed E-state index contributed by atoms with van der Waals surface area (Å²) in [7, 11) is -0.858. The summed E-state index contributed by atoms with van der Waals surface area (Å²) in [6, 6.07) is 7.05. The summed E-state index contributed by atoms with van der Waals surface area (Å²) in [5, 5.41) is 6.92. The molecule has 0 saturated carbocycles. The van der Waals surface area contributed by atoms with Crippen LogP contribution in [0.25, 0.3) is 0 Å². The van der Waals surface area contributed by atoms with Gasteiger partial charge in [0, 0.05) is 12.7 Å². The number of carbonyl (C=O) groups excluding carboxylic acids is 1.